The molecule has 0 radical (unpaired) electrons. The second-order valence-corrected chi connectivity index (χ2v) is 9.01. The highest BCUT2D eigenvalue weighted by atomic mass is 16.3. The Balaban J connectivity index is 1.72. The number of aliphatic hydroxyl groups excluding tert-OH is 2. The van der Waals surface area contributed by atoms with Crippen molar-refractivity contribution in [2.45, 2.75) is 77.0 Å². The van der Waals surface area contributed by atoms with Gasteiger partial charge in [-0.15, -0.1) is 0 Å². The molecule has 3 fully saturated rings. The van der Waals surface area contributed by atoms with E-state index in [-0.39, 0.29) is 29.1 Å². The van der Waals surface area contributed by atoms with Gasteiger partial charge in [0.1, 0.15) is 0 Å². The quantitative estimate of drug-likeness (QED) is 0.603. The first kappa shape index (κ1) is 15.2. The van der Waals surface area contributed by atoms with Crippen LogP contribution in [0.15, 0.2) is 11.6 Å². The molecule has 0 aliphatic heterocycles. The van der Waals surface area contributed by atoms with E-state index in [1.165, 1.54) is 12.0 Å². The molecule has 4 aliphatic carbocycles. The van der Waals surface area contributed by atoms with Crippen LogP contribution in [0.4, 0.5) is 0 Å². The fourth-order valence-electron chi connectivity index (χ4n) is 6.69. The fourth-order valence-corrected chi connectivity index (χ4v) is 6.69. The standard InChI is InChI=1S/C19H31NO2/c1-18-7-5-12(20)9-11(18)10-15(21)17-13-3-4-16(22)19(13,2)8-6-14(17)18/h9,12-17,21-22H,3-8,10,20H2,1-2H3/t12?,13-,14+,15?,16?,17-,18-,19-/m0/s1. The number of hydrogen-bond donors (Lipinski definition) is 3. The Morgan fingerprint density at radius 3 is 2.59 bits per heavy atom. The Kier molecular flexibility index (Phi) is 3.32. The van der Waals surface area contributed by atoms with Gasteiger partial charge in [-0.05, 0) is 73.5 Å². The summed E-state index contributed by atoms with van der Waals surface area (Å²) >= 11 is 0. The minimum atomic E-state index is -0.246. The molecule has 22 heavy (non-hydrogen) atoms. The third kappa shape index (κ3) is 1.85. The summed E-state index contributed by atoms with van der Waals surface area (Å²) in [6.07, 6.45) is 9.14. The first-order valence-electron chi connectivity index (χ1n) is 9.19. The van der Waals surface area contributed by atoms with Crippen molar-refractivity contribution >= 4 is 0 Å². The predicted octanol–water partition coefficient (Wildman–Crippen LogP) is 2.61. The minimum absolute atomic E-state index is 0.0325. The Hall–Kier alpha value is -0.380. The Labute approximate surface area is 134 Å². The highest BCUT2D eigenvalue weighted by Crippen LogP contribution is 2.65. The van der Waals surface area contributed by atoms with Crippen LogP contribution in [-0.2, 0) is 0 Å². The van der Waals surface area contributed by atoms with Crippen LogP contribution >= 0.6 is 0 Å². The largest absolute Gasteiger partial charge is 0.393 e. The average molecular weight is 305 g/mol. The van der Waals surface area contributed by atoms with E-state index in [9.17, 15) is 10.2 Å². The van der Waals surface area contributed by atoms with Crippen LogP contribution < -0.4 is 5.73 Å². The molecule has 0 aromatic rings. The number of fused-ring (bicyclic) bond motifs is 5. The van der Waals surface area contributed by atoms with Gasteiger partial charge >= 0.3 is 0 Å². The Morgan fingerprint density at radius 1 is 1.05 bits per heavy atom. The van der Waals surface area contributed by atoms with Gasteiger partial charge in [0.2, 0.25) is 0 Å². The molecule has 0 heterocycles. The lowest BCUT2D eigenvalue weighted by atomic mass is 9.46. The summed E-state index contributed by atoms with van der Waals surface area (Å²) in [6.45, 7) is 4.69. The normalized spacial score (nSPS) is 57.6. The summed E-state index contributed by atoms with van der Waals surface area (Å²) in [6, 6.07) is 0.175. The van der Waals surface area contributed by atoms with Crippen LogP contribution in [0.25, 0.3) is 0 Å². The van der Waals surface area contributed by atoms with Crippen molar-refractivity contribution in [1.29, 1.82) is 0 Å². The molecule has 4 N–H and O–H groups in total. The van der Waals surface area contributed by atoms with Gasteiger partial charge < -0.3 is 15.9 Å². The monoisotopic (exact) mass is 305 g/mol. The van der Waals surface area contributed by atoms with E-state index in [4.69, 9.17) is 5.73 Å². The Bertz CT molecular complexity index is 504. The van der Waals surface area contributed by atoms with Crippen LogP contribution in [0.5, 0.6) is 0 Å². The highest BCUT2D eigenvalue weighted by Gasteiger charge is 2.60. The van der Waals surface area contributed by atoms with E-state index in [0.29, 0.717) is 17.8 Å². The van der Waals surface area contributed by atoms with Gasteiger partial charge in [-0.25, -0.2) is 0 Å². The van der Waals surface area contributed by atoms with Crippen LogP contribution in [0.1, 0.15) is 58.8 Å². The molecular weight excluding hydrogens is 274 g/mol. The molecular formula is C19H31NO2. The lowest BCUT2D eigenvalue weighted by Gasteiger charge is -2.59. The van der Waals surface area contributed by atoms with Gasteiger partial charge in [-0.1, -0.05) is 25.5 Å². The first-order valence-corrected chi connectivity index (χ1v) is 9.19. The third-order valence-corrected chi connectivity index (χ3v) is 8.12. The van der Waals surface area contributed by atoms with Gasteiger partial charge in [0.25, 0.3) is 0 Å². The SMILES string of the molecule is C[C@]12CCC(N)C=C1CC(O)[C@@H]1[C@H]2CC[C@]2(C)C(O)CC[C@@H]12. The molecule has 3 unspecified atom stereocenters. The van der Waals surface area contributed by atoms with Gasteiger partial charge in [-0.2, -0.15) is 0 Å². The van der Waals surface area contributed by atoms with Crippen molar-refractivity contribution in [3.8, 4) is 0 Å². The van der Waals surface area contributed by atoms with Crippen LogP contribution in [0.2, 0.25) is 0 Å². The van der Waals surface area contributed by atoms with E-state index in [1.54, 1.807) is 0 Å². The molecule has 0 amide bonds. The molecule has 3 nitrogen and oxygen atoms in total. The maximum Gasteiger partial charge on any atom is 0.0611 e. The molecule has 0 aromatic heterocycles. The molecule has 3 heteroatoms. The fraction of sp³-hybridized carbons (Fsp3) is 0.895. The third-order valence-electron chi connectivity index (χ3n) is 8.12. The number of rotatable bonds is 0. The van der Waals surface area contributed by atoms with Crippen molar-refractivity contribution < 1.29 is 10.2 Å². The topological polar surface area (TPSA) is 66.5 Å². The van der Waals surface area contributed by atoms with Crippen molar-refractivity contribution in [3.05, 3.63) is 11.6 Å². The zero-order valence-corrected chi connectivity index (χ0v) is 14.0. The summed E-state index contributed by atoms with van der Waals surface area (Å²) in [4.78, 5) is 0. The second kappa shape index (κ2) is 4.81. The van der Waals surface area contributed by atoms with Gasteiger partial charge in [0.15, 0.2) is 0 Å². The molecule has 8 atom stereocenters. The lowest BCUT2D eigenvalue weighted by molar-refractivity contribution is -0.120. The van der Waals surface area contributed by atoms with Gasteiger partial charge in [-0.3, -0.25) is 0 Å². The molecule has 0 spiro atoms. The molecule has 3 saturated carbocycles. The molecule has 4 rings (SSSR count). The highest BCUT2D eigenvalue weighted by molar-refractivity contribution is 5.27. The summed E-state index contributed by atoms with van der Waals surface area (Å²) < 4.78 is 0. The summed E-state index contributed by atoms with van der Waals surface area (Å²) in [5.41, 5.74) is 7.83. The number of aliphatic hydroxyl groups is 2. The second-order valence-electron chi connectivity index (χ2n) is 9.01. The maximum atomic E-state index is 10.9. The van der Waals surface area contributed by atoms with Crippen molar-refractivity contribution in [2.75, 3.05) is 0 Å². The minimum Gasteiger partial charge on any atom is -0.393 e. The average Bonchev–Trinajstić information content (AvgIpc) is 2.77. The molecule has 124 valence electrons. The molecule has 4 aliphatic rings. The number of nitrogens with two attached hydrogens (primary N) is 1. The van der Waals surface area contributed by atoms with Crippen molar-refractivity contribution in [3.63, 3.8) is 0 Å². The zero-order valence-electron chi connectivity index (χ0n) is 14.0. The number of hydrogen-bond acceptors (Lipinski definition) is 3. The first-order chi connectivity index (χ1) is 10.4. The van der Waals surface area contributed by atoms with Crippen molar-refractivity contribution in [2.24, 2.45) is 34.3 Å². The van der Waals surface area contributed by atoms with Crippen LogP contribution in [0.3, 0.4) is 0 Å². The Morgan fingerprint density at radius 2 is 1.82 bits per heavy atom. The lowest BCUT2D eigenvalue weighted by Crippen LogP contribution is -2.56. The molecule has 0 bridgehead atoms. The molecule has 0 saturated heterocycles. The maximum absolute atomic E-state index is 10.9. The molecule has 0 aromatic carbocycles. The predicted molar refractivity (Wildman–Crippen MR) is 87.1 cm³/mol. The summed E-state index contributed by atoms with van der Waals surface area (Å²) in [5.74, 6) is 1.43. The van der Waals surface area contributed by atoms with E-state index in [1.807, 2.05) is 0 Å². The van der Waals surface area contributed by atoms with E-state index < -0.39 is 0 Å². The van der Waals surface area contributed by atoms with Gasteiger partial charge in [0.05, 0.1) is 12.2 Å². The van der Waals surface area contributed by atoms with Crippen molar-refractivity contribution in [1.82, 2.24) is 0 Å². The van der Waals surface area contributed by atoms with Crippen LogP contribution in [0, 0.1) is 28.6 Å². The zero-order chi connectivity index (χ0) is 15.7. The van der Waals surface area contributed by atoms with E-state index in [0.717, 1.165) is 38.5 Å². The van der Waals surface area contributed by atoms with E-state index >= 15 is 0 Å². The summed E-state index contributed by atoms with van der Waals surface area (Å²) in [5, 5.41) is 21.4. The summed E-state index contributed by atoms with van der Waals surface area (Å²) in [7, 11) is 0. The van der Waals surface area contributed by atoms with Crippen LogP contribution in [-0.4, -0.2) is 28.5 Å². The van der Waals surface area contributed by atoms with E-state index in [2.05, 4.69) is 19.9 Å². The van der Waals surface area contributed by atoms with Gasteiger partial charge in [0, 0.05) is 6.04 Å². The smallest absolute Gasteiger partial charge is 0.0611 e.